The number of aliphatic hydroxyl groups is 1. The largest absolute Gasteiger partial charge is 0.391 e. The van der Waals surface area contributed by atoms with Gasteiger partial charge in [0.2, 0.25) is 0 Å². The zero-order valence-corrected chi connectivity index (χ0v) is 11.6. The molecule has 0 aliphatic heterocycles. The summed E-state index contributed by atoms with van der Waals surface area (Å²) in [7, 11) is 2.06. The second-order valence-electron chi connectivity index (χ2n) is 4.89. The average Bonchev–Trinajstić information content (AvgIpc) is 2.60. The Hall–Kier alpha value is -0.610. The van der Waals surface area contributed by atoms with Gasteiger partial charge in [0.05, 0.1) is 17.2 Å². The summed E-state index contributed by atoms with van der Waals surface area (Å²) >= 11 is 1.60. The Morgan fingerprint density at radius 1 is 1.31 bits per heavy atom. The van der Waals surface area contributed by atoms with E-state index in [2.05, 4.69) is 44.6 Å². The molecule has 0 aliphatic carbocycles. The molecule has 0 saturated heterocycles. The van der Waals surface area contributed by atoms with Gasteiger partial charge >= 0.3 is 0 Å². The third-order valence-electron chi connectivity index (χ3n) is 2.37. The smallest absolute Gasteiger partial charge is 0.185 e. The molecule has 4 heteroatoms. The lowest BCUT2D eigenvalue weighted by atomic mass is 10.1. The van der Waals surface area contributed by atoms with Crippen molar-refractivity contribution >= 4 is 16.5 Å². The summed E-state index contributed by atoms with van der Waals surface area (Å²) in [5.74, 6) is 0.994. The minimum absolute atomic E-state index is 0.0979. The van der Waals surface area contributed by atoms with Crippen LogP contribution in [0.5, 0.6) is 0 Å². The minimum atomic E-state index is 0.0979. The van der Waals surface area contributed by atoms with Gasteiger partial charge in [-0.25, -0.2) is 4.98 Å². The molecule has 0 aliphatic rings. The second-order valence-corrected chi connectivity index (χ2v) is 5.95. The van der Waals surface area contributed by atoms with Crippen LogP contribution in [0.3, 0.4) is 0 Å². The van der Waals surface area contributed by atoms with Crippen LogP contribution in [-0.2, 0) is 6.61 Å². The van der Waals surface area contributed by atoms with Crippen molar-refractivity contribution in [3.05, 3.63) is 10.6 Å². The van der Waals surface area contributed by atoms with Crippen molar-refractivity contribution in [3.63, 3.8) is 0 Å². The lowest BCUT2D eigenvalue weighted by Crippen LogP contribution is -2.22. The summed E-state index contributed by atoms with van der Waals surface area (Å²) in [6.07, 6.45) is 0. The van der Waals surface area contributed by atoms with Crippen LogP contribution in [0.2, 0.25) is 0 Å². The molecule has 0 fully saturated rings. The molecule has 92 valence electrons. The van der Waals surface area contributed by atoms with Gasteiger partial charge < -0.3 is 10.0 Å². The molecule has 0 amide bonds. The second kappa shape index (κ2) is 5.64. The summed E-state index contributed by atoms with van der Waals surface area (Å²) in [6, 6.07) is 0. The standard InChI is InChI=1S/C12H22N2OS/c1-8(2)6-14(5)12-13-11(9(3)4)10(7-15)16-12/h8-9,15H,6-7H2,1-5H3. The fourth-order valence-electron chi connectivity index (χ4n) is 1.70. The quantitative estimate of drug-likeness (QED) is 0.862. The lowest BCUT2D eigenvalue weighted by molar-refractivity contribution is 0.283. The molecule has 16 heavy (non-hydrogen) atoms. The molecular weight excluding hydrogens is 220 g/mol. The monoisotopic (exact) mass is 242 g/mol. The number of hydrogen-bond donors (Lipinski definition) is 1. The van der Waals surface area contributed by atoms with Crippen molar-refractivity contribution in [2.45, 2.75) is 40.2 Å². The average molecular weight is 242 g/mol. The van der Waals surface area contributed by atoms with E-state index in [9.17, 15) is 5.11 Å². The molecule has 0 saturated carbocycles. The molecule has 1 rings (SSSR count). The third kappa shape index (κ3) is 3.19. The van der Waals surface area contributed by atoms with E-state index in [4.69, 9.17) is 0 Å². The highest BCUT2D eigenvalue weighted by Gasteiger charge is 2.16. The molecule has 0 aromatic carbocycles. The first kappa shape index (κ1) is 13.5. The molecule has 0 bridgehead atoms. The highest BCUT2D eigenvalue weighted by molar-refractivity contribution is 7.15. The maximum atomic E-state index is 9.30. The van der Waals surface area contributed by atoms with E-state index < -0.39 is 0 Å². The van der Waals surface area contributed by atoms with Gasteiger partial charge in [-0.05, 0) is 11.8 Å². The predicted octanol–water partition coefficient (Wildman–Crippen LogP) is 2.85. The highest BCUT2D eigenvalue weighted by Crippen LogP contribution is 2.30. The Balaban J connectivity index is 2.89. The van der Waals surface area contributed by atoms with Gasteiger partial charge in [0, 0.05) is 13.6 Å². The van der Waals surface area contributed by atoms with E-state index in [-0.39, 0.29) is 6.61 Å². The minimum Gasteiger partial charge on any atom is -0.391 e. The van der Waals surface area contributed by atoms with Gasteiger partial charge in [0.1, 0.15) is 0 Å². The molecule has 0 atom stereocenters. The predicted molar refractivity (Wildman–Crippen MR) is 70.2 cm³/mol. The summed E-state index contributed by atoms with van der Waals surface area (Å²) in [5.41, 5.74) is 1.04. The Morgan fingerprint density at radius 2 is 1.94 bits per heavy atom. The number of anilines is 1. The van der Waals surface area contributed by atoms with Crippen molar-refractivity contribution in [2.24, 2.45) is 5.92 Å². The van der Waals surface area contributed by atoms with E-state index in [0.717, 1.165) is 22.2 Å². The molecule has 1 N–H and O–H groups in total. The maximum Gasteiger partial charge on any atom is 0.185 e. The summed E-state index contributed by atoms with van der Waals surface area (Å²) in [4.78, 5) is 7.79. The van der Waals surface area contributed by atoms with Crippen molar-refractivity contribution < 1.29 is 5.11 Å². The van der Waals surface area contributed by atoms with Crippen LogP contribution in [-0.4, -0.2) is 23.7 Å². The first-order chi connectivity index (χ1) is 7.45. The molecule has 0 radical (unpaired) electrons. The van der Waals surface area contributed by atoms with Crippen LogP contribution in [0.1, 0.15) is 44.2 Å². The van der Waals surface area contributed by atoms with Gasteiger partial charge in [-0.1, -0.05) is 39.0 Å². The molecule has 0 unspecified atom stereocenters. The molecule has 1 heterocycles. The summed E-state index contributed by atoms with van der Waals surface area (Å²) in [6.45, 7) is 9.71. The van der Waals surface area contributed by atoms with Gasteiger partial charge in [-0.2, -0.15) is 0 Å². The SMILES string of the molecule is CC(C)CN(C)c1nc(C(C)C)c(CO)s1. The fourth-order valence-corrected chi connectivity index (χ4v) is 2.75. The number of nitrogens with zero attached hydrogens (tertiary/aromatic N) is 2. The van der Waals surface area contributed by atoms with E-state index in [1.54, 1.807) is 11.3 Å². The molecule has 1 aromatic rings. The van der Waals surface area contributed by atoms with Gasteiger partial charge in [0.15, 0.2) is 5.13 Å². The number of aliphatic hydroxyl groups excluding tert-OH is 1. The third-order valence-corrected chi connectivity index (χ3v) is 3.54. The molecule has 1 aromatic heterocycles. The van der Waals surface area contributed by atoms with Crippen molar-refractivity contribution in [1.29, 1.82) is 0 Å². The zero-order valence-electron chi connectivity index (χ0n) is 10.8. The molecule has 0 spiro atoms. The van der Waals surface area contributed by atoms with E-state index in [0.29, 0.717) is 11.8 Å². The summed E-state index contributed by atoms with van der Waals surface area (Å²) in [5, 5.41) is 10.3. The van der Waals surface area contributed by atoms with E-state index >= 15 is 0 Å². The lowest BCUT2D eigenvalue weighted by Gasteiger charge is -2.17. The molecular formula is C12H22N2OS. The zero-order chi connectivity index (χ0) is 12.3. The van der Waals surface area contributed by atoms with E-state index in [1.807, 2.05) is 0 Å². The summed E-state index contributed by atoms with van der Waals surface area (Å²) < 4.78 is 0. The van der Waals surface area contributed by atoms with Gasteiger partial charge in [-0.3, -0.25) is 0 Å². The first-order valence-electron chi connectivity index (χ1n) is 5.77. The molecule has 3 nitrogen and oxygen atoms in total. The van der Waals surface area contributed by atoms with Crippen LogP contribution < -0.4 is 4.90 Å². The van der Waals surface area contributed by atoms with Crippen LogP contribution in [0.4, 0.5) is 5.13 Å². The van der Waals surface area contributed by atoms with Gasteiger partial charge in [0.25, 0.3) is 0 Å². The van der Waals surface area contributed by atoms with E-state index in [1.165, 1.54) is 0 Å². The first-order valence-corrected chi connectivity index (χ1v) is 6.59. The van der Waals surface area contributed by atoms with Crippen LogP contribution in [0, 0.1) is 5.92 Å². The number of rotatable bonds is 5. The van der Waals surface area contributed by atoms with Crippen LogP contribution in [0.15, 0.2) is 0 Å². The number of hydrogen-bond acceptors (Lipinski definition) is 4. The van der Waals surface area contributed by atoms with Crippen molar-refractivity contribution in [1.82, 2.24) is 4.98 Å². The number of thiazole rings is 1. The Labute approximate surface area is 102 Å². The van der Waals surface area contributed by atoms with Crippen LogP contribution in [0.25, 0.3) is 0 Å². The van der Waals surface area contributed by atoms with Gasteiger partial charge in [-0.15, -0.1) is 0 Å². The normalized spacial score (nSPS) is 11.5. The Morgan fingerprint density at radius 3 is 2.31 bits per heavy atom. The van der Waals surface area contributed by atoms with Crippen molar-refractivity contribution in [3.8, 4) is 0 Å². The maximum absolute atomic E-state index is 9.30. The Kier molecular flexibility index (Phi) is 4.74. The Bertz CT molecular complexity index is 334. The highest BCUT2D eigenvalue weighted by atomic mass is 32.1. The number of aromatic nitrogens is 1. The van der Waals surface area contributed by atoms with Crippen LogP contribution >= 0.6 is 11.3 Å². The van der Waals surface area contributed by atoms with Crippen molar-refractivity contribution in [2.75, 3.05) is 18.5 Å². The topological polar surface area (TPSA) is 36.4 Å². The fraction of sp³-hybridized carbons (Fsp3) is 0.750.